The number of aromatic amines is 1. The Labute approximate surface area is 117 Å². The van der Waals surface area contributed by atoms with E-state index in [0.29, 0.717) is 17.7 Å². The van der Waals surface area contributed by atoms with Crippen LogP contribution >= 0.6 is 11.6 Å². The molecule has 19 heavy (non-hydrogen) atoms. The number of ether oxygens (including phenoxy) is 1. The molecule has 1 fully saturated rings. The minimum Gasteiger partial charge on any atom is -0.379 e. The summed E-state index contributed by atoms with van der Waals surface area (Å²) in [7, 11) is 0. The number of H-pyrrole nitrogens is 1. The van der Waals surface area contributed by atoms with Gasteiger partial charge >= 0.3 is 0 Å². The molecule has 2 heterocycles. The molecule has 1 aliphatic rings. The fourth-order valence-corrected chi connectivity index (χ4v) is 2.76. The molecule has 3 rings (SSSR count). The van der Waals surface area contributed by atoms with E-state index in [4.69, 9.17) is 16.3 Å². The molecular weight excluding hydrogens is 262 g/mol. The molecule has 1 aromatic carbocycles. The molecule has 1 aromatic heterocycles. The highest BCUT2D eigenvalue weighted by Gasteiger charge is 2.31. The molecule has 1 saturated heterocycles. The molecule has 0 radical (unpaired) electrons. The van der Waals surface area contributed by atoms with E-state index in [1.165, 1.54) is 0 Å². The molecule has 2 N–H and O–H groups in total. The second kappa shape index (κ2) is 5.49. The number of nitrogens with zero attached hydrogens (tertiary/aromatic N) is 1. The smallest absolute Gasteiger partial charge is 0.114 e. The van der Waals surface area contributed by atoms with Gasteiger partial charge in [0.15, 0.2) is 0 Å². The van der Waals surface area contributed by atoms with Crippen LogP contribution in [-0.2, 0) is 4.74 Å². The molecular formula is C14H18ClN3O. The summed E-state index contributed by atoms with van der Waals surface area (Å²) in [4.78, 5) is 8.01. The van der Waals surface area contributed by atoms with Gasteiger partial charge in [-0.15, -0.1) is 0 Å². The molecule has 0 aliphatic carbocycles. The third-order valence-corrected chi connectivity index (χ3v) is 3.88. The van der Waals surface area contributed by atoms with Crippen LogP contribution in [0.1, 0.15) is 25.1 Å². The van der Waals surface area contributed by atoms with Gasteiger partial charge in [0.05, 0.1) is 29.7 Å². The third-order valence-electron chi connectivity index (χ3n) is 3.57. The zero-order valence-electron chi connectivity index (χ0n) is 10.9. The minimum absolute atomic E-state index is 0.273. The first-order valence-corrected chi connectivity index (χ1v) is 7.12. The lowest BCUT2D eigenvalue weighted by molar-refractivity contribution is 0.187. The Morgan fingerprint density at radius 3 is 3.16 bits per heavy atom. The Hall–Kier alpha value is -1.10. The Kier molecular flexibility index (Phi) is 3.73. The van der Waals surface area contributed by atoms with Crippen molar-refractivity contribution in [3.05, 3.63) is 29.0 Å². The van der Waals surface area contributed by atoms with Crippen LogP contribution in [0.5, 0.6) is 0 Å². The van der Waals surface area contributed by atoms with Gasteiger partial charge in [0.2, 0.25) is 0 Å². The average molecular weight is 280 g/mol. The lowest BCUT2D eigenvalue weighted by atomic mass is 10.0. The Bertz CT molecular complexity index is 569. The number of para-hydroxylation sites is 1. The van der Waals surface area contributed by atoms with Crippen molar-refractivity contribution in [3.8, 4) is 0 Å². The average Bonchev–Trinajstić information content (AvgIpc) is 3.02. The van der Waals surface area contributed by atoms with E-state index >= 15 is 0 Å². The number of imidazole rings is 1. The van der Waals surface area contributed by atoms with Gasteiger partial charge in [-0.25, -0.2) is 4.98 Å². The molecule has 4 nitrogen and oxygen atoms in total. The van der Waals surface area contributed by atoms with Crippen LogP contribution in [0.2, 0.25) is 5.02 Å². The normalized spacial score (nSPS) is 23.3. The number of nitrogens with one attached hydrogen (secondary N) is 2. The van der Waals surface area contributed by atoms with Crippen LogP contribution in [0.4, 0.5) is 0 Å². The largest absolute Gasteiger partial charge is 0.379 e. The van der Waals surface area contributed by atoms with Crippen molar-refractivity contribution in [3.63, 3.8) is 0 Å². The van der Waals surface area contributed by atoms with Crippen molar-refractivity contribution >= 4 is 22.6 Å². The molecule has 102 valence electrons. The first kappa shape index (κ1) is 12.9. The summed E-state index contributed by atoms with van der Waals surface area (Å²) in [5.41, 5.74) is 1.84. The maximum absolute atomic E-state index is 6.17. The van der Waals surface area contributed by atoms with Crippen molar-refractivity contribution in [2.75, 3.05) is 19.8 Å². The summed E-state index contributed by atoms with van der Waals surface area (Å²) in [6.07, 6.45) is 1.12. The standard InChI is InChI=1S/C14H18ClN3O/c1-2-6-16-12-8-19-7-9(12)14-17-11-5-3-4-10(15)13(11)18-14/h3-5,9,12,16H,2,6-8H2,1H3,(H,17,18). The highest BCUT2D eigenvalue weighted by molar-refractivity contribution is 6.34. The zero-order valence-corrected chi connectivity index (χ0v) is 11.7. The quantitative estimate of drug-likeness (QED) is 0.905. The van der Waals surface area contributed by atoms with E-state index in [1.807, 2.05) is 18.2 Å². The summed E-state index contributed by atoms with van der Waals surface area (Å²) in [6, 6.07) is 6.14. The predicted molar refractivity (Wildman–Crippen MR) is 76.7 cm³/mol. The van der Waals surface area contributed by atoms with Crippen LogP contribution < -0.4 is 5.32 Å². The summed E-state index contributed by atoms with van der Waals surface area (Å²) < 4.78 is 5.59. The summed E-state index contributed by atoms with van der Waals surface area (Å²) in [5.74, 6) is 1.24. The minimum atomic E-state index is 0.273. The van der Waals surface area contributed by atoms with Gasteiger partial charge in [0.25, 0.3) is 0 Å². The number of hydrogen-bond acceptors (Lipinski definition) is 3. The van der Waals surface area contributed by atoms with E-state index in [-0.39, 0.29) is 5.92 Å². The topological polar surface area (TPSA) is 49.9 Å². The van der Waals surface area contributed by atoms with E-state index in [9.17, 15) is 0 Å². The van der Waals surface area contributed by atoms with Gasteiger partial charge < -0.3 is 15.0 Å². The van der Waals surface area contributed by atoms with Crippen molar-refractivity contribution in [1.29, 1.82) is 0 Å². The lowest BCUT2D eigenvalue weighted by Crippen LogP contribution is -2.35. The maximum atomic E-state index is 6.17. The van der Waals surface area contributed by atoms with Gasteiger partial charge in [0, 0.05) is 6.04 Å². The molecule has 0 amide bonds. The molecule has 5 heteroatoms. The Balaban J connectivity index is 1.88. The highest BCUT2D eigenvalue weighted by Crippen LogP contribution is 2.28. The molecule has 0 spiro atoms. The van der Waals surface area contributed by atoms with E-state index in [2.05, 4.69) is 22.2 Å². The van der Waals surface area contributed by atoms with E-state index in [1.54, 1.807) is 0 Å². The number of halogens is 1. The zero-order chi connectivity index (χ0) is 13.2. The summed E-state index contributed by atoms with van der Waals surface area (Å²) in [5, 5.41) is 4.21. The third kappa shape index (κ3) is 2.48. The molecule has 0 bridgehead atoms. The fraction of sp³-hybridized carbons (Fsp3) is 0.500. The van der Waals surface area contributed by atoms with E-state index < -0.39 is 0 Å². The van der Waals surface area contributed by atoms with Crippen LogP contribution in [-0.4, -0.2) is 35.8 Å². The van der Waals surface area contributed by atoms with Crippen molar-refractivity contribution < 1.29 is 4.74 Å². The predicted octanol–water partition coefficient (Wildman–Crippen LogP) is 2.70. The van der Waals surface area contributed by atoms with Crippen LogP contribution in [0.15, 0.2) is 18.2 Å². The second-order valence-electron chi connectivity index (χ2n) is 4.96. The number of rotatable bonds is 4. The molecule has 2 aromatic rings. The molecule has 2 atom stereocenters. The molecule has 1 aliphatic heterocycles. The van der Waals surface area contributed by atoms with Crippen molar-refractivity contribution in [2.24, 2.45) is 0 Å². The van der Waals surface area contributed by atoms with Gasteiger partial charge in [-0.3, -0.25) is 0 Å². The number of hydrogen-bond donors (Lipinski definition) is 2. The fourth-order valence-electron chi connectivity index (χ4n) is 2.55. The lowest BCUT2D eigenvalue weighted by Gasteiger charge is -2.16. The van der Waals surface area contributed by atoms with E-state index in [0.717, 1.165) is 36.4 Å². The van der Waals surface area contributed by atoms with Crippen LogP contribution in [0.3, 0.4) is 0 Å². The highest BCUT2D eigenvalue weighted by atomic mass is 35.5. The summed E-state index contributed by atoms with van der Waals surface area (Å²) in [6.45, 7) is 4.62. The Morgan fingerprint density at radius 1 is 1.47 bits per heavy atom. The van der Waals surface area contributed by atoms with Gasteiger partial charge in [-0.1, -0.05) is 24.6 Å². The first-order valence-electron chi connectivity index (χ1n) is 6.75. The first-order chi connectivity index (χ1) is 9.29. The number of benzene rings is 1. The SMILES string of the molecule is CCCNC1COCC1c1nc2c(Cl)cccc2[nH]1. The van der Waals surface area contributed by atoms with Gasteiger partial charge in [0.1, 0.15) is 11.3 Å². The van der Waals surface area contributed by atoms with Crippen molar-refractivity contribution in [2.45, 2.75) is 25.3 Å². The van der Waals surface area contributed by atoms with Gasteiger partial charge in [-0.05, 0) is 25.1 Å². The monoisotopic (exact) mass is 279 g/mol. The number of fused-ring (bicyclic) bond motifs is 1. The van der Waals surface area contributed by atoms with Gasteiger partial charge in [-0.2, -0.15) is 0 Å². The second-order valence-corrected chi connectivity index (χ2v) is 5.37. The Morgan fingerprint density at radius 2 is 2.37 bits per heavy atom. The van der Waals surface area contributed by atoms with Crippen LogP contribution in [0, 0.1) is 0 Å². The van der Waals surface area contributed by atoms with Crippen LogP contribution in [0.25, 0.3) is 11.0 Å². The number of aromatic nitrogens is 2. The molecule has 0 saturated carbocycles. The van der Waals surface area contributed by atoms with Crippen molar-refractivity contribution in [1.82, 2.24) is 15.3 Å². The maximum Gasteiger partial charge on any atom is 0.114 e. The summed E-state index contributed by atoms with van der Waals surface area (Å²) >= 11 is 6.17. The molecule has 2 unspecified atom stereocenters.